The molecule has 0 radical (unpaired) electrons. The number of carbonyl (C=O) groups excluding carboxylic acids is 1. The number of rotatable bonds is 5. The molecule has 0 fully saturated rings. The number of amidine groups is 1. The number of ether oxygens (including phenoxy) is 1. The fourth-order valence-corrected chi connectivity index (χ4v) is 3.12. The number of esters is 1. The Labute approximate surface area is 178 Å². The summed E-state index contributed by atoms with van der Waals surface area (Å²) < 4.78 is 4.73. The van der Waals surface area contributed by atoms with Crippen molar-refractivity contribution in [3.05, 3.63) is 76.3 Å². The van der Waals surface area contributed by atoms with Crippen molar-refractivity contribution in [1.29, 1.82) is 0 Å². The molecule has 0 amide bonds. The van der Waals surface area contributed by atoms with Crippen molar-refractivity contribution in [2.24, 2.45) is 15.1 Å². The lowest BCUT2D eigenvalue weighted by molar-refractivity contribution is -0.132. The molecule has 29 heavy (non-hydrogen) atoms. The molecule has 148 valence electrons. The molecule has 1 N–H and O–H groups in total. The first-order valence-corrected chi connectivity index (χ1v) is 9.47. The summed E-state index contributed by atoms with van der Waals surface area (Å²) in [5, 5.41) is 5.26. The molecule has 0 saturated carbocycles. The van der Waals surface area contributed by atoms with Gasteiger partial charge in [0.15, 0.2) is 0 Å². The Kier molecular flexibility index (Phi) is 6.80. The minimum atomic E-state index is -0.543. The van der Waals surface area contributed by atoms with Crippen molar-refractivity contribution in [3.8, 4) is 0 Å². The predicted molar refractivity (Wildman–Crippen MR) is 118 cm³/mol. The fourth-order valence-electron chi connectivity index (χ4n) is 2.72. The molecule has 6 nitrogen and oxygen atoms in total. The number of methoxy groups -OCH3 is 1. The summed E-state index contributed by atoms with van der Waals surface area (Å²) in [4.78, 5) is 21.1. The molecule has 8 heteroatoms. The molecular weight excluding hydrogens is 411 g/mol. The topological polar surface area (TPSA) is 75.4 Å². The van der Waals surface area contributed by atoms with E-state index in [-0.39, 0.29) is 18.7 Å². The number of hydrogen-bond acceptors (Lipinski definition) is 6. The Morgan fingerprint density at radius 2 is 2.07 bits per heavy atom. The van der Waals surface area contributed by atoms with E-state index in [0.717, 1.165) is 11.1 Å². The van der Waals surface area contributed by atoms with E-state index in [1.54, 1.807) is 30.3 Å². The van der Waals surface area contributed by atoms with Gasteiger partial charge in [0, 0.05) is 27.6 Å². The van der Waals surface area contributed by atoms with E-state index >= 15 is 0 Å². The molecule has 2 aromatic rings. The number of nitrogens with one attached hydrogen (secondary N) is 1. The summed E-state index contributed by atoms with van der Waals surface area (Å²) in [6.45, 7) is 3.83. The second kappa shape index (κ2) is 9.49. The Bertz CT molecular complexity index is 1040. The molecule has 1 heterocycles. The van der Waals surface area contributed by atoms with Gasteiger partial charge < -0.3 is 4.74 Å². The van der Waals surface area contributed by atoms with Gasteiger partial charge in [-0.3, -0.25) is 10.4 Å². The molecule has 1 aliphatic rings. The Morgan fingerprint density at radius 1 is 1.28 bits per heavy atom. The van der Waals surface area contributed by atoms with Gasteiger partial charge in [-0.25, -0.2) is 9.79 Å². The van der Waals surface area contributed by atoms with Crippen LogP contribution in [0.1, 0.15) is 17.5 Å². The molecule has 0 bridgehead atoms. The molecular formula is C21H18Cl2N4O2. The van der Waals surface area contributed by atoms with Crippen LogP contribution in [0.3, 0.4) is 0 Å². The standard InChI is InChI=1S/C21H18Cl2N4O2/c1-3-6-18(21(28)29-2)26-27-19-12-24-20(14-7-4-5-8-16(14)23)15-11-13(22)9-10-17(15)25-19/h3-5,7-11H,1,6,12H2,2H3,(H,25,27). The molecule has 3 rings (SSSR count). The maximum absolute atomic E-state index is 11.8. The smallest absolute Gasteiger partial charge is 0.354 e. The van der Waals surface area contributed by atoms with Gasteiger partial charge in [-0.15, -0.1) is 6.58 Å². The lowest BCUT2D eigenvalue weighted by Crippen LogP contribution is -2.25. The molecule has 0 saturated heterocycles. The third-order valence-corrected chi connectivity index (χ3v) is 4.63. The number of allylic oxidation sites excluding steroid dienone is 1. The summed E-state index contributed by atoms with van der Waals surface area (Å²) in [7, 11) is 1.30. The average molecular weight is 429 g/mol. The van der Waals surface area contributed by atoms with Gasteiger partial charge in [0.25, 0.3) is 0 Å². The van der Waals surface area contributed by atoms with Gasteiger partial charge in [-0.2, -0.15) is 5.10 Å². The highest BCUT2D eigenvalue weighted by Gasteiger charge is 2.19. The summed E-state index contributed by atoms with van der Waals surface area (Å²) in [6.07, 6.45) is 1.82. The second-order valence-corrected chi connectivity index (χ2v) is 6.86. The largest absolute Gasteiger partial charge is 0.464 e. The van der Waals surface area contributed by atoms with Crippen molar-refractivity contribution in [1.82, 2.24) is 5.43 Å². The van der Waals surface area contributed by atoms with Crippen molar-refractivity contribution in [2.75, 3.05) is 13.7 Å². The lowest BCUT2D eigenvalue weighted by atomic mass is 10.0. The predicted octanol–water partition coefficient (Wildman–Crippen LogP) is 4.57. The van der Waals surface area contributed by atoms with Crippen LogP contribution in [0.2, 0.25) is 10.0 Å². The zero-order valence-electron chi connectivity index (χ0n) is 15.7. The van der Waals surface area contributed by atoms with Crippen LogP contribution < -0.4 is 5.43 Å². The number of halogens is 2. The first kappa shape index (κ1) is 20.8. The van der Waals surface area contributed by atoms with Gasteiger partial charge >= 0.3 is 5.97 Å². The minimum absolute atomic E-state index is 0.182. The number of aliphatic imine (C=N–C) groups is 2. The quantitative estimate of drug-likeness (QED) is 0.328. The number of hydrogen-bond donors (Lipinski definition) is 1. The molecule has 0 unspecified atom stereocenters. The summed E-state index contributed by atoms with van der Waals surface area (Å²) in [6, 6.07) is 12.8. The van der Waals surface area contributed by atoms with E-state index in [0.29, 0.717) is 27.3 Å². The Balaban J connectivity index is 2.01. The monoisotopic (exact) mass is 428 g/mol. The number of fused-ring (bicyclic) bond motifs is 1. The molecule has 0 atom stereocenters. The molecule has 1 aliphatic heterocycles. The van der Waals surface area contributed by atoms with E-state index in [9.17, 15) is 4.79 Å². The summed E-state index contributed by atoms with van der Waals surface area (Å²) in [5.41, 5.74) is 5.87. The van der Waals surface area contributed by atoms with Crippen LogP contribution >= 0.6 is 23.2 Å². The molecule has 0 aliphatic carbocycles. The summed E-state index contributed by atoms with van der Waals surface area (Å²) in [5.74, 6) is -0.0832. The van der Waals surface area contributed by atoms with Gasteiger partial charge in [0.1, 0.15) is 11.5 Å². The van der Waals surface area contributed by atoms with E-state index in [1.807, 2.05) is 18.2 Å². The van der Waals surface area contributed by atoms with Gasteiger partial charge in [0.05, 0.1) is 25.1 Å². The van der Waals surface area contributed by atoms with Crippen molar-refractivity contribution < 1.29 is 9.53 Å². The van der Waals surface area contributed by atoms with Crippen LogP contribution in [0.15, 0.2) is 70.2 Å². The first-order chi connectivity index (χ1) is 14.0. The van der Waals surface area contributed by atoms with Gasteiger partial charge in [-0.1, -0.05) is 47.5 Å². The molecule has 2 aromatic carbocycles. The average Bonchev–Trinajstić information content (AvgIpc) is 2.90. The number of carbonyl (C=O) groups is 1. The Hall–Kier alpha value is -2.96. The second-order valence-electron chi connectivity index (χ2n) is 6.02. The lowest BCUT2D eigenvalue weighted by Gasteiger charge is -2.10. The SMILES string of the molecule is C=CCC(=NNC1=Nc2ccc(Cl)cc2C(c2ccccc2Cl)=NC1)C(=O)OC. The van der Waals surface area contributed by atoms with Crippen LogP contribution in [0.5, 0.6) is 0 Å². The number of benzene rings is 2. The highest BCUT2D eigenvalue weighted by atomic mass is 35.5. The summed E-state index contributed by atoms with van der Waals surface area (Å²) >= 11 is 12.6. The van der Waals surface area contributed by atoms with E-state index in [1.165, 1.54) is 7.11 Å². The van der Waals surface area contributed by atoms with Crippen LogP contribution in [0.25, 0.3) is 0 Å². The number of hydrazone groups is 1. The normalized spacial score (nSPS) is 13.6. The third kappa shape index (κ3) is 4.91. The van der Waals surface area contributed by atoms with Gasteiger partial charge in [-0.05, 0) is 24.3 Å². The van der Waals surface area contributed by atoms with Crippen molar-refractivity contribution >= 4 is 52.1 Å². The van der Waals surface area contributed by atoms with E-state index < -0.39 is 5.97 Å². The zero-order chi connectivity index (χ0) is 20.8. The van der Waals surface area contributed by atoms with Crippen LogP contribution in [0.4, 0.5) is 5.69 Å². The number of nitrogens with zero attached hydrogens (tertiary/aromatic N) is 3. The maximum Gasteiger partial charge on any atom is 0.354 e. The third-order valence-electron chi connectivity index (χ3n) is 4.06. The highest BCUT2D eigenvalue weighted by molar-refractivity contribution is 6.37. The molecule has 0 aromatic heterocycles. The van der Waals surface area contributed by atoms with Crippen molar-refractivity contribution in [3.63, 3.8) is 0 Å². The van der Waals surface area contributed by atoms with Crippen LogP contribution in [0, 0.1) is 0 Å². The van der Waals surface area contributed by atoms with E-state index in [2.05, 4.69) is 27.1 Å². The van der Waals surface area contributed by atoms with Gasteiger partial charge in [0.2, 0.25) is 0 Å². The maximum atomic E-state index is 11.8. The molecule has 0 spiro atoms. The fraction of sp³-hybridized carbons (Fsp3) is 0.143. The van der Waals surface area contributed by atoms with E-state index in [4.69, 9.17) is 27.9 Å². The van der Waals surface area contributed by atoms with Crippen LogP contribution in [-0.2, 0) is 9.53 Å². The zero-order valence-corrected chi connectivity index (χ0v) is 17.2. The highest BCUT2D eigenvalue weighted by Crippen LogP contribution is 2.30. The van der Waals surface area contributed by atoms with Crippen LogP contribution in [-0.4, -0.2) is 36.9 Å². The first-order valence-electron chi connectivity index (χ1n) is 8.72. The Morgan fingerprint density at radius 3 is 2.79 bits per heavy atom. The minimum Gasteiger partial charge on any atom is -0.464 e. The van der Waals surface area contributed by atoms with Crippen molar-refractivity contribution in [2.45, 2.75) is 6.42 Å².